The summed E-state index contributed by atoms with van der Waals surface area (Å²) in [6.45, 7) is 5.36. The smallest absolute Gasteiger partial charge is 0.265 e. The van der Waals surface area contributed by atoms with Gasteiger partial charge in [0.1, 0.15) is 5.75 Å². The van der Waals surface area contributed by atoms with Crippen LogP contribution in [0.5, 0.6) is 5.75 Å². The number of hydrogen-bond donors (Lipinski definition) is 0. The van der Waals surface area contributed by atoms with Crippen molar-refractivity contribution in [2.75, 3.05) is 20.3 Å². The zero-order valence-corrected chi connectivity index (χ0v) is 14.3. The topological polar surface area (TPSA) is 27.7 Å². The molecule has 0 aliphatic carbocycles. The molecule has 0 aromatic heterocycles. The first-order chi connectivity index (χ1) is 11.5. The van der Waals surface area contributed by atoms with E-state index in [0.29, 0.717) is 19.0 Å². The van der Waals surface area contributed by atoms with Crippen LogP contribution in [0.1, 0.15) is 25.0 Å². The summed E-state index contributed by atoms with van der Waals surface area (Å²) in [5.41, 5.74) is 1.68. The highest BCUT2D eigenvalue weighted by Crippen LogP contribution is 2.40. The van der Waals surface area contributed by atoms with Crippen LogP contribution in [-0.4, -0.2) is 20.3 Å². The fraction of sp³-hybridized carbons (Fsp3) is 0.333. The number of rotatable bonds is 2. The van der Waals surface area contributed by atoms with Crippen molar-refractivity contribution in [3.63, 3.8) is 0 Å². The van der Waals surface area contributed by atoms with Crippen LogP contribution in [-0.2, 0) is 15.3 Å². The Morgan fingerprint density at radius 3 is 2.21 bits per heavy atom. The average Bonchev–Trinajstić information content (AvgIpc) is 2.62. The van der Waals surface area contributed by atoms with E-state index < -0.39 is 5.79 Å². The molecule has 0 saturated carbocycles. The second-order valence-corrected chi connectivity index (χ2v) is 6.67. The number of para-hydroxylation sites is 1. The molecule has 3 rings (SSSR count). The second kappa shape index (κ2) is 6.68. The number of methoxy groups -OCH3 is 1. The molecular formula is C21H22O3. The molecule has 0 amide bonds. The third-order valence-corrected chi connectivity index (χ3v) is 3.94. The van der Waals surface area contributed by atoms with Crippen LogP contribution >= 0.6 is 0 Å². The first-order valence-corrected chi connectivity index (χ1v) is 8.04. The Bertz CT molecular complexity index is 743. The molecule has 0 unspecified atom stereocenters. The minimum atomic E-state index is -1.11. The highest BCUT2D eigenvalue weighted by atomic mass is 16.7. The van der Waals surface area contributed by atoms with Gasteiger partial charge in [-0.2, -0.15) is 0 Å². The minimum absolute atomic E-state index is 0.0417. The zero-order chi connectivity index (χ0) is 17.0. The van der Waals surface area contributed by atoms with Gasteiger partial charge in [0.05, 0.1) is 25.9 Å². The molecule has 1 aliphatic rings. The van der Waals surface area contributed by atoms with E-state index in [1.807, 2.05) is 54.6 Å². The van der Waals surface area contributed by atoms with Gasteiger partial charge >= 0.3 is 0 Å². The largest absolute Gasteiger partial charge is 0.496 e. The molecule has 124 valence electrons. The molecule has 24 heavy (non-hydrogen) atoms. The van der Waals surface area contributed by atoms with Crippen LogP contribution in [0.25, 0.3) is 0 Å². The van der Waals surface area contributed by atoms with Crippen molar-refractivity contribution in [2.24, 2.45) is 5.41 Å². The molecule has 0 atom stereocenters. The molecule has 2 aromatic carbocycles. The van der Waals surface area contributed by atoms with Crippen molar-refractivity contribution < 1.29 is 14.2 Å². The fourth-order valence-corrected chi connectivity index (χ4v) is 2.56. The first kappa shape index (κ1) is 16.6. The lowest BCUT2D eigenvalue weighted by molar-refractivity contribution is -0.274. The SMILES string of the molecule is COc1ccccc1C1(C#Cc2ccccc2)OCC(C)(C)CO1. The van der Waals surface area contributed by atoms with Gasteiger partial charge in [0.2, 0.25) is 0 Å². The van der Waals surface area contributed by atoms with Crippen LogP contribution in [0.2, 0.25) is 0 Å². The van der Waals surface area contributed by atoms with E-state index in [9.17, 15) is 0 Å². The van der Waals surface area contributed by atoms with Crippen molar-refractivity contribution in [2.45, 2.75) is 19.6 Å². The van der Waals surface area contributed by atoms with Gasteiger partial charge in [0, 0.05) is 11.0 Å². The fourth-order valence-electron chi connectivity index (χ4n) is 2.56. The third-order valence-electron chi connectivity index (χ3n) is 3.94. The summed E-state index contributed by atoms with van der Waals surface area (Å²) in [5, 5.41) is 0. The van der Waals surface area contributed by atoms with Crippen molar-refractivity contribution in [1.29, 1.82) is 0 Å². The van der Waals surface area contributed by atoms with E-state index in [1.54, 1.807) is 7.11 Å². The van der Waals surface area contributed by atoms with E-state index in [4.69, 9.17) is 14.2 Å². The Hall–Kier alpha value is -2.28. The Morgan fingerprint density at radius 1 is 0.917 bits per heavy atom. The average molecular weight is 322 g/mol. The summed E-state index contributed by atoms with van der Waals surface area (Å²) >= 11 is 0. The molecule has 3 heteroatoms. The normalized spacial score (nSPS) is 18.3. The molecular weight excluding hydrogens is 300 g/mol. The standard InChI is InChI=1S/C21H22O3/c1-20(2)15-23-21(24-16-20,14-13-17-9-5-4-6-10-17)18-11-7-8-12-19(18)22-3/h4-12H,15-16H2,1-3H3. The summed E-state index contributed by atoms with van der Waals surface area (Å²) in [6.07, 6.45) is 0. The lowest BCUT2D eigenvalue weighted by atomic mass is 9.93. The maximum Gasteiger partial charge on any atom is 0.265 e. The molecule has 1 heterocycles. The predicted molar refractivity (Wildman–Crippen MR) is 93.7 cm³/mol. The van der Waals surface area contributed by atoms with E-state index in [-0.39, 0.29) is 5.41 Å². The predicted octanol–water partition coefficient (Wildman–Crippen LogP) is 3.97. The summed E-state index contributed by atoms with van der Waals surface area (Å²) in [4.78, 5) is 0. The molecule has 1 aliphatic heterocycles. The van der Waals surface area contributed by atoms with E-state index in [0.717, 1.165) is 11.1 Å². The van der Waals surface area contributed by atoms with Crippen LogP contribution in [0.3, 0.4) is 0 Å². The number of benzene rings is 2. The van der Waals surface area contributed by atoms with Gasteiger partial charge in [-0.05, 0) is 30.2 Å². The number of ether oxygens (including phenoxy) is 3. The van der Waals surface area contributed by atoms with Crippen molar-refractivity contribution >= 4 is 0 Å². The van der Waals surface area contributed by atoms with Crippen LogP contribution in [0, 0.1) is 17.3 Å². The van der Waals surface area contributed by atoms with Crippen LogP contribution < -0.4 is 4.74 Å². The lowest BCUT2D eigenvalue weighted by Gasteiger charge is -2.41. The molecule has 1 fully saturated rings. The van der Waals surface area contributed by atoms with Gasteiger partial charge < -0.3 is 14.2 Å². The molecule has 0 radical (unpaired) electrons. The van der Waals surface area contributed by atoms with E-state index in [2.05, 4.69) is 25.7 Å². The van der Waals surface area contributed by atoms with Gasteiger partial charge in [-0.15, -0.1) is 0 Å². The van der Waals surface area contributed by atoms with E-state index in [1.165, 1.54) is 0 Å². The third kappa shape index (κ3) is 3.46. The summed E-state index contributed by atoms with van der Waals surface area (Å²) in [6, 6.07) is 17.5. The quantitative estimate of drug-likeness (QED) is 0.783. The van der Waals surface area contributed by atoms with Crippen molar-refractivity contribution in [3.05, 3.63) is 65.7 Å². The molecule has 0 bridgehead atoms. The highest BCUT2D eigenvalue weighted by molar-refractivity contribution is 5.44. The molecule has 2 aromatic rings. The lowest BCUT2D eigenvalue weighted by Crippen LogP contribution is -2.45. The van der Waals surface area contributed by atoms with E-state index >= 15 is 0 Å². The van der Waals surface area contributed by atoms with Crippen molar-refractivity contribution in [3.8, 4) is 17.6 Å². The maximum atomic E-state index is 6.16. The van der Waals surface area contributed by atoms with Crippen molar-refractivity contribution in [1.82, 2.24) is 0 Å². The van der Waals surface area contributed by atoms with Gasteiger partial charge in [-0.25, -0.2) is 0 Å². The highest BCUT2D eigenvalue weighted by Gasteiger charge is 2.43. The van der Waals surface area contributed by atoms with Gasteiger partial charge in [0.25, 0.3) is 5.79 Å². The Balaban J connectivity index is 2.04. The molecule has 0 spiro atoms. The monoisotopic (exact) mass is 322 g/mol. The summed E-state index contributed by atoms with van der Waals surface area (Å²) in [5.74, 6) is 5.98. The molecule has 3 nitrogen and oxygen atoms in total. The van der Waals surface area contributed by atoms with Crippen LogP contribution in [0.4, 0.5) is 0 Å². The first-order valence-electron chi connectivity index (χ1n) is 8.04. The van der Waals surface area contributed by atoms with Gasteiger partial charge in [0.15, 0.2) is 0 Å². The van der Waals surface area contributed by atoms with Gasteiger partial charge in [-0.1, -0.05) is 50.1 Å². The van der Waals surface area contributed by atoms with Gasteiger partial charge in [-0.3, -0.25) is 0 Å². The maximum absolute atomic E-state index is 6.16. The Labute approximate surface area is 143 Å². The number of hydrogen-bond acceptors (Lipinski definition) is 3. The Morgan fingerprint density at radius 2 is 1.54 bits per heavy atom. The molecule has 1 saturated heterocycles. The zero-order valence-electron chi connectivity index (χ0n) is 14.3. The Kier molecular flexibility index (Phi) is 4.62. The summed E-state index contributed by atoms with van der Waals surface area (Å²) in [7, 11) is 1.64. The molecule has 0 N–H and O–H groups in total. The summed E-state index contributed by atoms with van der Waals surface area (Å²) < 4.78 is 17.8. The minimum Gasteiger partial charge on any atom is -0.496 e. The van der Waals surface area contributed by atoms with Crippen LogP contribution in [0.15, 0.2) is 54.6 Å². The second-order valence-electron chi connectivity index (χ2n) is 6.67.